The van der Waals surface area contributed by atoms with Crippen LogP contribution in [0.5, 0.6) is 0 Å². The van der Waals surface area contributed by atoms with Gasteiger partial charge in [0.2, 0.25) is 5.91 Å². The lowest BCUT2D eigenvalue weighted by molar-refractivity contribution is -0.122. The molecule has 1 aromatic heterocycles. The summed E-state index contributed by atoms with van der Waals surface area (Å²) >= 11 is 0. The van der Waals surface area contributed by atoms with E-state index in [1.165, 1.54) is 0 Å². The van der Waals surface area contributed by atoms with E-state index in [0.29, 0.717) is 6.54 Å². The molecule has 1 rings (SSSR count). The van der Waals surface area contributed by atoms with Crippen LogP contribution in [0.4, 0.5) is 0 Å². The van der Waals surface area contributed by atoms with Crippen LogP contribution in [-0.2, 0) is 11.3 Å². The van der Waals surface area contributed by atoms with Crippen LogP contribution in [0.25, 0.3) is 0 Å². The molecule has 0 radical (unpaired) electrons. The number of hydrogen-bond donors (Lipinski definition) is 2. The molecule has 118 valence electrons. The van der Waals surface area contributed by atoms with Crippen molar-refractivity contribution in [2.24, 2.45) is 5.73 Å². The lowest BCUT2D eigenvalue weighted by Crippen LogP contribution is -2.49. The third kappa shape index (κ3) is 6.11. The van der Waals surface area contributed by atoms with Crippen LogP contribution >= 0.6 is 24.8 Å². The van der Waals surface area contributed by atoms with Crippen LogP contribution in [-0.4, -0.2) is 27.8 Å². The fourth-order valence-corrected chi connectivity index (χ4v) is 1.80. The van der Waals surface area contributed by atoms with Gasteiger partial charge in [-0.25, -0.2) is 0 Å². The number of rotatable bonds is 6. The SMILES string of the molecule is CCC(N)(CC)CNC(=O)Cn1nc(C)cc1C.Cl.Cl. The second kappa shape index (κ2) is 9.21. The van der Waals surface area contributed by atoms with Crippen molar-refractivity contribution in [2.75, 3.05) is 6.54 Å². The second-order valence-electron chi connectivity index (χ2n) is 4.93. The van der Waals surface area contributed by atoms with E-state index in [0.717, 1.165) is 24.2 Å². The number of nitrogens with two attached hydrogens (primary N) is 1. The van der Waals surface area contributed by atoms with Crippen molar-refractivity contribution in [3.05, 3.63) is 17.5 Å². The molecule has 0 aliphatic heterocycles. The zero-order valence-corrected chi connectivity index (χ0v) is 14.2. The van der Waals surface area contributed by atoms with Gasteiger partial charge in [0.1, 0.15) is 6.54 Å². The maximum absolute atomic E-state index is 11.8. The Hall–Kier alpha value is -0.780. The number of amides is 1. The number of carbonyl (C=O) groups is 1. The summed E-state index contributed by atoms with van der Waals surface area (Å²) in [5.41, 5.74) is 7.75. The highest BCUT2D eigenvalue weighted by atomic mass is 35.5. The molecule has 0 aliphatic rings. The van der Waals surface area contributed by atoms with Gasteiger partial charge in [0, 0.05) is 17.8 Å². The first-order valence-electron chi connectivity index (χ1n) is 6.47. The Labute approximate surface area is 133 Å². The van der Waals surface area contributed by atoms with Gasteiger partial charge in [-0.15, -0.1) is 24.8 Å². The summed E-state index contributed by atoms with van der Waals surface area (Å²) < 4.78 is 1.71. The van der Waals surface area contributed by atoms with Crippen molar-refractivity contribution < 1.29 is 4.79 Å². The highest BCUT2D eigenvalue weighted by Gasteiger charge is 2.21. The third-order valence-corrected chi connectivity index (χ3v) is 3.44. The number of nitrogens with zero attached hydrogens (tertiary/aromatic N) is 2. The average molecular weight is 325 g/mol. The van der Waals surface area contributed by atoms with Crippen LogP contribution < -0.4 is 11.1 Å². The average Bonchev–Trinajstić information content (AvgIpc) is 2.65. The summed E-state index contributed by atoms with van der Waals surface area (Å²) in [7, 11) is 0. The Morgan fingerprint density at radius 2 is 1.90 bits per heavy atom. The van der Waals surface area contributed by atoms with Gasteiger partial charge in [0.05, 0.1) is 5.69 Å². The molecule has 0 saturated carbocycles. The predicted octanol–water partition coefficient (Wildman–Crippen LogP) is 1.98. The van der Waals surface area contributed by atoms with Gasteiger partial charge in [0.25, 0.3) is 0 Å². The van der Waals surface area contributed by atoms with E-state index in [1.807, 2.05) is 33.8 Å². The van der Waals surface area contributed by atoms with E-state index in [2.05, 4.69) is 10.4 Å². The van der Waals surface area contributed by atoms with Gasteiger partial charge in [-0.2, -0.15) is 5.10 Å². The van der Waals surface area contributed by atoms with Crippen molar-refractivity contribution in [3.63, 3.8) is 0 Å². The first kappa shape index (κ1) is 21.5. The molecule has 0 aromatic carbocycles. The van der Waals surface area contributed by atoms with E-state index in [9.17, 15) is 4.79 Å². The summed E-state index contributed by atoms with van der Waals surface area (Å²) in [6.07, 6.45) is 1.70. The molecule has 0 fully saturated rings. The number of aryl methyl sites for hydroxylation is 2. The molecule has 0 aliphatic carbocycles. The van der Waals surface area contributed by atoms with E-state index in [1.54, 1.807) is 4.68 Å². The van der Waals surface area contributed by atoms with Gasteiger partial charge < -0.3 is 11.1 Å². The Morgan fingerprint density at radius 1 is 1.35 bits per heavy atom. The molecule has 5 nitrogen and oxygen atoms in total. The molecule has 20 heavy (non-hydrogen) atoms. The minimum Gasteiger partial charge on any atom is -0.353 e. The quantitative estimate of drug-likeness (QED) is 0.840. The smallest absolute Gasteiger partial charge is 0.241 e. The van der Waals surface area contributed by atoms with Crippen LogP contribution in [0.3, 0.4) is 0 Å². The van der Waals surface area contributed by atoms with Gasteiger partial charge in [-0.1, -0.05) is 13.8 Å². The molecule has 1 heterocycles. The van der Waals surface area contributed by atoms with Crippen molar-refractivity contribution >= 4 is 30.7 Å². The number of hydrogen-bond acceptors (Lipinski definition) is 3. The van der Waals surface area contributed by atoms with Gasteiger partial charge in [-0.3, -0.25) is 9.48 Å². The summed E-state index contributed by atoms with van der Waals surface area (Å²) in [5, 5.41) is 7.14. The molecule has 0 spiro atoms. The molecule has 1 aromatic rings. The lowest BCUT2D eigenvalue weighted by Gasteiger charge is -2.26. The zero-order valence-electron chi connectivity index (χ0n) is 12.6. The molecule has 1 amide bonds. The fourth-order valence-electron chi connectivity index (χ4n) is 1.80. The standard InChI is InChI=1S/C13H24N4O.2ClH/c1-5-13(14,6-2)9-15-12(18)8-17-11(4)7-10(3)16-17;;/h7H,5-6,8-9,14H2,1-4H3,(H,15,18);2*1H. The third-order valence-electron chi connectivity index (χ3n) is 3.44. The topological polar surface area (TPSA) is 72.9 Å². The first-order chi connectivity index (χ1) is 8.40. The van der Waals surface area contributed by atoms with Crippen LogP contribution in [0.1, 0.15) is 38.1 Å². The first-order valence-corrected chi connectivity index (χ1v) is 6.47. The molecule has 3 N–H and O–H groups in total. The monoisotopic (exact) mass is 324 g/mol. The zero-order chi connectivity index (χ0) is 13.8. The van der Waals surface area contributed by atoms with E-state index < -0.39 is 0 Å². The predicted molar refractivity (Wildman–Crippen MR) is 86.7 cm³/mol. The highest BCUT2D eigenvalue weighted by molar-refractivity contribution is 5.85. The van der Waals surface area contributed by atoms with Crippen molar-refractivity contribution in [1.29, 1.82) is 0 Å². The Morgan fingerprint density at radius 3 is 2.30 bits per heavy atom. The minimum absolute atomic E-state index is 0. The van der Waals surface area contributed by atoms with Gasteiger partial charge in [-0.05, 0) is 32.8 Å². The Balaban J connectivity index is 0. The van der Waals surface area contributed by atoms with Crippen LogP contribution in [0.2, 0.25) is 0 Å². The maximum Gasteiger partial charge on any atom is 0.241 e. The van der Waals surface area contributed by atoms with Gasteiger partial charge >= 0.3 is 0 Å². The summed E-state index contributed by atoms with van der Waals surface area (Å²) in [6, 6.07) is 1.96. The molecule has 0 atom stereocenters. The van der Waals surface area contributed by atoms with Crippen LogP contribution in [0.15, 0.2) is 6.07 Å². The number of halogens is 2. The van der Waals surface area contributed by atoms with Crippen molar-refractivity contribution in [2.45, 2.75) is 52.6 Å². The minimum atomic E-state index is -0.301. The summed E-state index contributed by atoms with van der Waals surface area (Å²) in [6.45, 7) is 8.70. The lowest BCUT2D eigenvalue weighted by atomic mass is 9.94. The molecule has 7 heteroatoms. The molecular weight excluding hydrogens is 299 g/mol. The highest BCUT2D eigenvalue weighted by Crippen LogP contribution is 2.09. The second-order valence-corrected chi connectivity index (χ2v) is 4.93. The number of aromatic nitrogens is 2. The van der Waals surface area contributed by atoms with Gasteiger partial charge in [0.15, 0.2) is 0 Å². The molecule has 0 unspecified atom stereocenters. The van der Waals surface area contributed by atoms with E-state index in [4.69, 9.17) is 5.73 Å². The van der Waals surface area contributed by atoms with Crippen molar-refractivity contribution in [1.82, 2.24) is 15.1 Å². The van der Waals surface area contributed by atoms with Crippen molar-refractivity contribution in [3.8, 4) is 0 Å². The molecule has 0 saturated heterocycles. The van der Waals surface area contributed by atoms with E-state index >= 15 is 0 Å². The van der Waals surface area contributed by atoms with Crippen LogP contribution in [0, 0.1) is 13.8 Å². The number of nitrogens with one attached hydrogen (secondary N) is 1. The maximum atomic E-state index is 11.8. The Bertz CT molecular complexity index is 417. The number of carbonyl (C=O) groups excluding carboxylic acids is 1. The molecule has 0 bridgehead atoms. The molecular formula is C13H26Cl2N4O. The summed E-state index contributed by atoms with van der Waals surface area (Å²) in [5.74, 6) is -0.0436. The Kier molecular flexibility index (Phi) is 9.91. The normalized spacial score (nSPS) is 10.4. The largest absolute Gasteiger partial charge is 0.353 e. The fraction of sp³-hybridized carbons (Fsp3) is 0.692. The summed E-state index contributed by atoms with van der Waals surface area (Å²) in [4.78, 5) is 11.8. The van der Waals surface area contributed by atoms with E-state index in [-0.39, 0.29) is 42.8 Å².